The highest BCUT2D eigenvalue weighted by atomic mass is 32.1. The molecule has 0 bridgehead atoms. The molecule has 1 amide bonds. The fraction of sp³-hybridized carbons (Fsp3) is 0.476. The first-order chi connectivity index (χ1) is 14.2. The number of aromatic nitrogens is 3. The molecule has 2 fully saturated rings. The molecular weight excluding hydrogens is 386 g/mol. The number of rotatable bonds is 4. The molecule has 2 aliphatic heterocycles. The normalized spacial score (nSPS) is 19.8. The van der Waals surface area contributed by atoms with Crippen molar-refractivity contribution in [3.63, 3.8) is 0 Å². The van der Waals surface area contributed by atoms with Gasteiger partial charge in [0.15, 0.2) is 0 Å². The van der Waals surface area contributed by atoms with E-state index in [-0.39, 0.29) is 5.92 Å². The van der Waals surface area contributed by atoms with Gasteiger partial charge in [0.05, 0.1) is 24.9 Å². The second-order valence-electron chi connectivity index (χ2n) is 7.78. The maximum Gasteiger partial charge on any atom is 0.227 e. The minimum Gasteiger partial charge on any atom is -0.497 e. The zero-order valence-electron chi connectivity index (χ0n) is 16.6. The first-order valence-electron chi connectivity index (χ1n) is 10.3. The van der Waals surface area contributed by atoms with Crippen LogP contribution in [0.15, 0.2) is 30.5 Å². The molecule has 2 aromatic heterocycles. The number of methoxy groups -OCH3 is 1. The summed E-state index contributed by atoms with van der Waals surface area (Å²) in [5.41, 5.74) is 1.94. The van der Waals surface area contributed by atoms with Crippen LogP contribution in [0.25, 0.3) is 16.2 Å². The minimum absolute atomic E-state index is 0.0907. The number of carbonyl (C=O) groups is 1. The van der Waals surface area contributed by atoms with Gasteiger partial charge in [-0.05, 0) is 49.9 Å². The Balaban J connectivity index is 1.32. The molecule has 0 N–H and O–H groups in total. The lowest BCUT2D eigenvalue weighted by atomic mass is 9.97. The summed E-state index contributed by atoms with van der Waals surface area (Å²) >= 11 is 1.59. The number of carbonyl (C=O) groups excluding carboxylic acids is 1. The van der Waals surface area contributed by atoms with Crippen molar-refractivity contribution in [3.05, 3.63) is 30.5 Å². The van der Waals surface area contributed by atoms with Crippen molar-refractivity contribution in [1.82, 2.24) is 19.5 Å². The molecule has 4 heterocycles. The number of fused-ring (bicyclic) bond motifs is 1. The average Bonchev–Trinajstić information content (AvgIpc) is 3.50. The Bertz CT molecular complexity index is 974. The fourth-order valence-corrected chi connectivity index (χ4v) is 5.18. The topological polar surface area (TPSA) is 63.0 Å². The van der Waals surface area contributed by atoms with Crippen molar-refractivity contribution >= 4 is 27.3 Å². The predicted octanol–water partition coefficient (Wildman–Crippen LogP) is 3.31. The zero-order valence-corrected chi connectivity index (χ0v) is 17.4. The maximum absolute atomic E-state index is 12.8. The highest BCUT2D eigenvalue weighted by molar-refractivity contribution is 7.20. The number of nitrogens with zero attached hydrogens (tertiary/aromatic N) is 5. The second kappa shape index (κ2) is 7.67. The lowest BCUT2D eigenvalue weighted by Crippen LogP contribution is -2.44. The van der Waals surface area contributed by atoms with Crippen LogP contribution in [0.3, 0.4) is 0 Å². The van der Waals surface area contributed by atoms with Crippen LogP contribution in [-0.4, -0.2) is 58.7 Å². The van der Waals surface area contributed by atoms with E-state index in [1.807, 2.05) is 39.9 Å². The summed E-state index contributed by atoms with van der Waals surface area (Å²) in [6, 6.07) is 7.89. The van der Waals surface area contributed by atoms with Crippen LogP contribution in [0.5, 0.6) is 5.75 Å². The van der Waals surface area contributed by atoms with Crippen LogP contribution < -0.4 is 9.64 Å². The van der Waals surface area contributed by atoms with E-state index in [0.29, 0.717) is 5.91 Å². The fourth-order valence-electron chi connectivity index (χ4n) is 4.27. The number of ether oxygens (including phenoxy) is 1. The number of hydrogen-bond donors (Lipinski definition) is 0. The number of anilines is 1. The molecule has 3 aromatic rings. The maximum atomic E-state index is 12.8. The van der Waals surface area contributed by atoms with Gasteiger partial charge in [0.25, 0.3) is 0 Å². The summed E-state index contributed by atoms with van der Waals surface area (Å²) in [4.78, 5) is 22.7. The number of piperidine rings is 1. The highest BCUT2D eigenvalue weighted by Gasteiger charge is 2.31. The zero-order chi connectivity index (χ0) is 19.8. The molecule has 2 aliphatic rings. The summed E-state index contributed by atoms with van der Waals surface area (Å²) in [6.07, 6.45) is 6.26. The summed E-state index contributed by atoms with van der Waals surface area (Å²) in [5.74, 6) is 1.25. The Morgan fingerprint density at radius 3 is 2.66 bits per heavy atom. The summed E-state index contributed by atoms with van der Waals surface area (Å²) in [6.45, 7) is 3.56. The van der Waals surface area contributed by atoms with Crippen molar-refractivity contribution in [2.75, 3.05) is 38.2 Å². The van der Waals surface area contributed by atoms with E-state index in [9.17, 15) is 4.79 Å². The van der Waals surface area contributed by atoms with Crippen molar-refractivity contribution < 1.29 is 9.53 Å². The van der Waals surface area contributed by atoms with Gasteiger partial charge in [0, 0.05) is 31.7 Å². The molecule has 0 aliphatic carbocycles. The molecule has 7 nitrogen and oxygen atoms in total. The number of benzene rings is 1. The monoisotopic (exact) mass is 411 g/mol. The molecule has 0 saturated carbocycles. The lowest BCUT2D eigenvalue weighted by molar-refractivity contribution is -0.134. The van der Waals surface area contributed by atoms with Crippen molar-refractivity contribution in [3.8, 4) is 17.0 Å². The summed E-state index contributed by atoms with van der Waals surface area (Å²) in [5, 5.41) is 5.71. The molecule has 8 heteroatoms. The van der Waals surface area contributed by atoms with Gasteiger partial charge in [-0.25, -0.2) is 9.50 Å². The van der Waals surface area contributed by atoms with Crippen molar-refractivity contribution in [2.45, 2.75) is 25.7 Å². The summed E-state index contributed by atoms with van der Waals surface area (Å²) in [7, 11) is 1.66. The van der Waals surface area contributed by atoms with Crippen molar-refractivity contribution in [1.29, 1.82) is 0 Å². The number of hydrogen-bond acceptors (Lipinski definition) is 6. The molecule has 1 aromatic carbocycles. The van der Waals surface area contributed by atoms with Gasteiger partial charge in [-0.1, -0.05) is 11.3 Å². The molecule has 29 heavy (non-hydrogen) atoms. The Morgan fingerprint density at radius 2 is 1.93 bits per heavy atom. The largest absolute Gasteiger partial charge is 0.497 e. The lowest BCUT2D eigenvalue weighted by Gasteiger charge is -2.33. The van der Waals surface area contributed by atoms with Crippen molar-refractivity contribution in [2.24, 2.45) is 5.92 Å². The van der Waals surface area contributed by atoms with E-state index in [2.05, 4.69) is 4.90 Å². The van der Waals surface area contributed by atoms with E-state index >= 15 is 0 Å². The molecule has 5 rings (SSSR count). The van der Waals surface area contributed by atoms with E-state index in [0.717, 1.165) is 79.0 Å². The Kier molecular flexibility index (Phi) is 4.87. The number of imidazole rings is 1. The van der Waals surface area contributed by atoms with Gasteiger partial charge in [-0.2, -0.15) is 0 Å². The standard InChI is InChI=1S/C21H25N5O2S/c1-28-17-8-6-15(7-9-17)18-14-26-20(22-18)29-21(23-26)25-12-4-5-16(13-25)19(27)24-10-2-3-11-24/h6-9,14,16H,2-5,10-13H2,1H3. The van der Waals surface area contributed by atoms with Crippen LogP contribution in [0.2, 0.25) is 0 Å². The first kappa shape index (κ1) is 18.4. The van der Waals surface area contributed by atoms with Gasteiger partial charge in [0.1, 0.15) is 5.75 Å². The Hall–Kier alpha value is -2.61. The third-order valence-corrected chi connectivity index (χ3v) is 6.86. The van der Waals surface area contributed by atoms with Gasteiger partial charge in [-0.3, -0.25) is 4.79 Å². The first-order valence-corrected chi connectivity index (χ1v) is 11.1. The summed E-state index contributed by atoms with van der Waals surface area (Å²) < 4.78 is 7.07. The smallest absolute Gasteiger partial charge is 0.227 e. The van der Waals surface area contributed by atoms with Crippen LogP contribution in [0.1, 0.15) is 25.7 Å². The molecule has 152 valence electrons. The van der Waals surface area contributed by atoms with Crippen LogP contribution in [-0.2, 0) is 4.79 Å². The van der Waals surface area contributed by atoms with Gasteiger partial charge in [0.2, 0.25) is 16.0 Å². The van der Waals surface area contributed by atoms with E-state index < -0.39 is 0 Å². The van der Waals surface area contributed by atoms with E-state index in [1.54, 1.807) is 18.4 Å². The molecule has 1 atom stereocenters. The quantitative estimate of drug-likeness (QED) is 0.659. The van der Waals surface area contributed by atoms with Gasteiger partial charge in [-0.15, -0.1) is 5.10 Å². The minimum atomic E-state index is 0.0907. The Morgan fingerprint density at radius 1 is 1.14 bits per heavy atom. The van der Waals surface area contributed by atoms with Crippen LogP contribution in [0.4, 0.5) is 5.13 Å². The van der Waals surface area contributed by atoms with E-state index in [1.165, 1.54) is 0 Å². The molecule has 1 unspecified atom stereocenters. The third kappa shape index (κ3) is 3.57. The van der Waals surface area contributed by atoms with Gasteiger partial charge < -0.3 is 14.5 Å². The average molecular weight is 412 g/mol. The Labute approximate surface area is 173 Å². The predicted molar refractivity (Wildman–Crippen MR) is 114 cm³/mol. The molecule has 0 spiro atoms. The molecular formula is C21H25N5O2S. The molecule has 2 saturated heterocycles. The van der Waals surface area contributed by atoms with Crippen LogP contribution >= 0.6 is 11.3 Å². The third-order valence-electron chi connectivity index (χ3n) is 5.88. The SMILES string of the molecule is COc1ccc(-c2cn3nc(N4CCCC(C(=O)N5CCCC5)C4)sc3n2)cc1. The second-order valence-corrected chi connectivity index (χ2v) is 8.72. The highest BCUT2D eigenvalue weighted by Crippen LogP contribution is 2.31. The van der Waals surface area contributed by atoms with E-state index in [4.69, 9.17) is 14.8 Å². The number of likely N-dealkylation sites (tertiary alicyclic amines) is 1. The number of amides is 1. The van der Waals surface area contributed by atoms with Crippen LogP contribution in [0, 0.1) is 5.92 Å². The molecule has 0 radical (unpaired) electrons. The van der Waals surface area contributed by atoms with Gasteiger partial charge >= 0.3 is 0 Å².